The average Bonchev–Trinajstić information content (AvgIpc) is 1.36. The maximum absolute atomic E-state index is 9.10. The Morgan fingerprint density at radius 2 is 1.12 bits per heavy atom. The van der Waals surface area contributed by atoms with E-state index in [4.69, 9.17) is 19.8 Å². The summed E-state index contributed by atoms with van der Waals surface area (Å²) in [5.41, 5.74) is 0. The van der Waals surface area contributed by atoms with Crippen molar-refractivity contribution in [3.8, 4) is 0 Å². The third kappa shape index (κ3) is 9.75. The molecule has 2 N–H and O–H groups in total. The second-order valence-corrected chi connectivity index (χ2v) is 0.610. The molecule has 0 rings (SSSR count). The quantitative estimate of drug-likeness (QED) is 0.334. The van der Waals surface area contributed by atoms with Crippen LogP contribution in [-0.4, -0.2) is 59.9 Å². The van der Waals surface area contributed by atoms with Crippen molar-refractivity contribution in [3.63, 3.8) is 0 Å². The van der Waals surface area contributed by atoms with Gasteiger partial charge in [0.05, 0.1) is 0 Å². The van der Waals surface area contributed by atoms with Gasteiger partial charge in [-0.15, -0.1) is 0 Å². The molecule has 0 unspecified atom stereocenters. The third-order valence-corrected chi connectivity index (χ3v) is 0.183. The molecule has 46 valence electrons. The summed E-state index contributed by atoms with van der Waals surface area (Å²) >= 11 is 0. The summed E-state index contributed by atoms with van der Waals surface area (Å²) in [4.78, 5) is 18.2. The van der Waals surface area contributed by atoms with Crippen molar-refractivity contribution >= 4 is 63.2 Å². The van der Waals surface area contributed by atoms with Crippen LogP contribution in [0.1, 0.15) is 0 Å². The molecule has 0 bridgehead atoms. The van der Waals surface area contributed by atoms with Crippen LogP contribution in [0.5, 0.6) is 0 Å². The molecule has 0 radical (unpaired) electrons. The standard InChI is InChI=1S/C2H2O4.Ca.H2S.2H/c3-1(4)2(5)6;;;;/h(H,3,4)(H,5,6);;1H2;;. The first-order chi connectivity index (χ1) is 2.64. The van der Waals surface area contributed by atoms with E-state index in [2.05, 4.69) is 0 Å². The number of aliphatic carboxylic acids is 2. The van der Waals surface area contributed by atoms with E-state index >= 15 is 0 Å². The van der Waals surface area contributed by atoms with Crippen molar-refractivity contribution in [1.82, 2.24) is 0 Å². The fourth-order valence-electron chi connectivity index (χ4n) is 0. The summed E-state index contributed by atoms with van der Waals surface area (Å²) in [6.45, 7) is 0. The van der Waals surface area contributed by atoms with Gasteiger partial charge in [-0.3, -0.25) is 0 Å². The predicted octanol–water partition coefficient (Wildman–Crippen LogP) is -1.65. The molecule has 0 aliphatic heterocycles. The Labute approximate surface area is 82.3 Å². The fourth-order valence-corrected chi connectivity index (χ4v) is 0. The molecule has 0 saturated heterocycles. The first-order valence-corrected chi connectivity index (χ1v) is 1.11. The SMILES string of the molecule is O=C(O)C(=O)O.S.[CaH2]. The molecule has 0 spiro atoms. The Bertz CT molecular complexity index is 80.0. The Morgan fingerprint density at radius 3 is 1.12 bits per heavy atom. The van der Waals surface area contributed by atoms with Gasteiger partial charge in [0, 0.05) is 0 Å². The van der Waals surface area contributed by atoms with Crippen LogP contribution in [0.3, 0.4) is 0 Å². The molecule has 0 atom stereocenters. The van der Waals surface area contributed by atoms with Crippen molar-refractivity contribution < 1.29 is 19.8 Å². The van der Waals surface area contributed by atoms with Crippen LogP contribution < -0.4 is 0 Å². The van der Waals surface area contributed by atoms with Crippen molar-refractivity contribution in [1.29, 1.82) is 0 Å². The second kappa shape index (κ2) is 7.55. The Kier molecular flexibility index (Phi) is 14.9. The number of hydrogen-bond acceptors (Lipinski definition) is 2. The van der Waals surface area contributed by atoms with Gasteiger partial charge in [-0.1, -0.05) is 0 Å². The molecule has 0 fully saturated rings. The van der Waals surface area contributed by atoms with Gasteiger partial charge < -0.3 is 10.2 Å². The maximum atomic E-state index is 9.10. The van der Waals surface area contributed by atoms with E-state index in [1.807, 2.05) is 0 Å². The minimum absolute atomic E-state index is 0. The molecule has 0 aliphatic carbocycles. The van der Waals surface area contributed by atoms with Gasteiger partial charge in [0.2, 0.25) is 0 Å². The molecular formula is C2H6CaO4S. The fraction of sp³-hybridized carbons (Fsp3) is 0. The zero-order valence-electron chi connectivity index (χ0n) is 3.21. The van der Waals surface area contributed by atoms with E-state index in [1.54, 1.807) is 0 Å². The molecule has 0 aliphatic rings. The Morgan fingerprint density at radius 1 is 1.00 bits per heavy atom. The van der Waals surface area contributed by atoms with E-state index in [-0.39, 0.29) is 51.2 Å². The minimum atomic E-state index is -1.82. The summed E-state index contributed by atoms with van der Waals surface area (Å²) in [5.74, 6) is -3.65. The van der Waals surface area contributed by atoms with E-state index < -0.39 is 11.9 Å². The van der Waals surface area contributed by atoms with Crippen LogP contribution >= 0.6 is 13.5 Å². The predicted molar refractivity (Wildman–Crippen MR) is 34.2 cm³/mol. The molecule has 0 saturated carbocycles. The average molecular weight is 166 g/mol. The van der Waals surface area contributed by atoms with Gasteiger partial charge in [0.15, 0.2) is 0 Å². The first-order valence-electron chi connectivity index (χ1n) is 1.11. The van der Waals surface area contributed by atoms with Gasteiger partial charge in [-0.05, 0) is 0 Å². The van der Waals surface area contributed by atoms with Crippen molar-refractivity contribution in [2.45, 2.75) is 0 Å². The van der Waals surface area contributed by atoms with Crippen LogP contribution in [0.25, 0.3) is 0 Å². The van der Waals surface area contributed by atoms with E-state index in [9.17, 15) is 0 Å². The van der Waals surface area contributed by atoms with Crippen LogP contribution in [0.4, 0.5) is 0 Å². The topological polar surface area (TPSA) is 74.6 Å². The molecule has 0 heterocycles. The monoisotopic (exact) mass is 166 g/mol. The van der Waals surface area contributed by atoms with Crippen LogP contribution in [0.2, 0.25) is 0 Å². The summed E-state index contributed by atoms with van der Waals surface area (Å²) in [6, 6.07) is 0. The molecule has 8 heavy (non-hydrogen) atoms. The number of rotatable bonds is 0. The molecule has 0 aromatic carbocycles. The van der Waals surface area contributed by atoms with E-state index in [0.717, 1.165) is 0 Å². The normalized spacial score (nSPS) is 5.50. The zero-order valence-corrected chi connectivity index (χ0v) is 4.21. The molecular weight excluding hydrogens is 160 g/mol. The van der Waals surface area contributed by atoms with Gasteiger partial charge in [0.25, 0.3) is 0 Å². The number of hydrogen-bond donors (Lipinski definition) is 2. The molecule has 6 heteroatoms. The summed E-state index contributed by atoms with van der Waals surface area (Å²) in [5, 5.41) is 14.8. The van der Waals surface area contributed by atoms with Crippen molar-refractivity contribution in [2.75, 3.05) is 0 Å². The Hall–Kier alpha value is 0.550. The van der Waals surface area contributed by atoms with Crippen LogP contribution in [0.15, 0.2) is 0 Å². The molecule has 0 aromatic rings. The van der Waals surface area contributed by atoms with Crippen molar-refractivity contribution in [3.05, 3.63) is 0 Å². The van der Waals surface area contributed by atoms with Crippen molar-refractivity contribution in [2.24, 2.45) is 0 Å². The zero-order chi connectivity index (χ0) is 5.15. The summed E-state index contributed by atoms with van der Waals surface area (Å²) in [6.07, 6.45) is 0. The van der Waals surface area contributed by atoms with E-state index in [1.165, 1.54) is 0 Å². The van der Waals surface area contributed by atoms with Gasteiger partial charge >= 0.3 is 49.7 Å². The Balaban J connectivity index is -0.000000125. The molecule has 0 aromatic heterocycles. The van der Waals surface area contributed by atoms with E-state index in [0.29, 0.717) is 0 Å². The summed E-state index contributed by atoms with van der Waals surface area (Å²) < 4.78 is 0. The van der Waals surface area contributed by atoms with Crippen LogP contribution in [-0.2, 0) is 9.59 Å². The third-order valence-electron chi connectivity index (χ3n) is 0.183. The summed E-state index contributed by atoms with van der Waals surface area (Å²) in [7, 11) is 0. The second-order valence-electron chi connectivity index (χ2n) is 0.610. The molecule has 4 nitrogen and oxygen atoms in total. The van der Waals surface area contributed by atoms with Gasteiger partial charge in [-0.2, -0.15) is 13.5 Å². The van der Waals surface area contributed by atoms with Gasteiger partial charge in [0.1, 0.15) is 0 Å². The first kappa shape index (κ1) is 15.8. The molecule has 0 amide bonds. The number of carbonyl (C=O) groups is 2. The number of carboxylic acids is 2. The van der Waals surface area contributed by atoms with Crippen LogP contribution in [0, 0.1) is 0 Å². The van der Waals surface area contributed by atoms with Gasteiger partial charge in [-0.25, -0.2) is 9.59 Å². The number of carboxylic acid groups (broad SMARTS) is 2.